The molecule has 0 spiro atoms. The first kappa shape index (κ1) is 15.5. The number of halogens is 1. The van der Waals surface area contributed by atoms with Gasteiger partial charge in [-0.25, -0.2) is 18.2 Å². The van der Waals surface area contributed by atoms with Gasteiger partial charge in [-0.3, -0.25) is 14.8 Å². The average Bonchev–Trinajstić information content (AvgIpc) is 2.30. The predicted molar refractivity (Wildman–Crippen MR) is 79.2 cm³/mol. The lowest BCUT2D eigenvalue weighted by Crippen LogP contribution is -2.51. The van der Waals surface area contributed by atoms with Crippen LogP contribution in [-0.4, -0.2) is 31.3 Å². The van der Waals surface area contributed by atoms with Crippen LogP contribution in [0, 0.1) is 6.92 Å². The number of sulfonamides is 1. The van der Waals surface area contributed by atoms with Crippen LogP contribution in [0.2, 0.25) is 5.02 Å². The SMILES string of the molecule is CC1=NC(=O)NC(=O)C1S(=O)(=O)Nc1ccc(Cl)cc1C. The van der Waals surface area contributed by atoms with Gasteiger partial charge in [-0.15, -0.1) is 0 Å². The standard InChI is InChI=1S/C12H12ClN3O4S/c1-6-5-8(13)3-4-9(6)16-21(19,20)10-7(2)14-12(18)15-11(10)17/h3-5,10,16H,1-2H3,(H,15,17,18). The first-order valence-corrected chi connectivity index (χ1v) is 7.81. The van der Waals surface area contributed by atoms with Crippen LogP contribution in [0.25, 0.3) is 0 Å². The van der Waals surface area contributed by atoms with Crippen molar-refractivity contribution in [2.75, 3.05) is 4.72 Å². The molecular weight excluding hydrogens is 318 g/mol. The molecule has 21 heavy (non-hydrogen) atoms. The van der Waals surface area contributed by atoms with Gasteiger partial charge in [-0.2, -0.15) is 0 Å². The number of nitrogens with zero attached hydrogens (tertiary/aromatic N) is 1. The van der Waals surface area contributed by atoms with Crippen LogP contribution in [0.4, 0.5) is 10.5 Å². The Balaban J connectivity index is 2.36. The zero-order valence-electron chi connectivity index (χ0n) is 11.2. The summed E-state index contributed by atoms with van der Waals surface area (Å²) in [5, 5.41) is 0.786. The Labute approximate surface area is 126 Å². The van der Waals surface area contributed by atoms with Gasteiger partial charge in [-0.05, 0) is 37.6 Å². The summed E-state index contributed by atoms with van der Waals surface area (Å²) >= 11 is 5.80. The van der Waals surface area contributed by atoms with E-state index in [1.807, 2.05) is 5.32 Å². The summed E-state index contributed by atoms with van der Waals surface area (Å²) in [7, 11) is -4.08. The number of anilines is 1. The van der Waals surface area contributed by atoms with Gasteiger partial charge in [0.2, 0.25) is 10.0 Å². The molecule has 1 atom stereocenters. The summed E-state index contributed by atoms with van der Waals surface area (Å²) in [6, 6.07) is 3.74. The number of carbonyl (C=O) groups excluding carboxylic acids is 2. The lowest BCUT2D eigenvalue weighted by molar-refractivity contribution is -0.118. The number of imide groups is 1. The van der Waals surface area contributed by atoms with E-state index in [0.29, 0.717) is 16.3 Å². The maximum absolute atomic E-state index is 12.3. The van der Waals surface area contributed by atoms with Gasteiger partial charge in [0, 0.05) is 5.02 Å². The molecule has 9 heteroatoms. The Morgan fingerprint density at radius 3 is 2.52 bits per heavy atom. The largest absolute Gasteiger partial charge is 0.347 e. The molecule has 0 bridgehead atoms. The number of nitrogens with one attached hydrogen (secondary N) is 2. The topological polar surface area (TPSA) is 105 Å². The summed E-state index contributed by atoms with van der Waals surface area (Å²) in [6.07, 6.45) is 0. The lowest BCUT2D eigenvalue weighted by Gasteiger charge is -2.21. The van der Waals surface area contributed by atoms with Gasteiger partial charge >= 0.3 is 6.03 Å². The molecule has 0 radical (unpaired) electrons. The number of benzene rings is 1. The second kappa shape index (κ2) is 5.45. The van der Waals surface area contributed by atoms with Crippen molar-refractivity contribution in [3.63, 3.8) is 0 Å². The quantitative estimate of drug-likeness (QED) is 0.876. The van der Waals surface area contributed by atoms with Crippen molar-refractivity contribution >= 4 is 45.0 Å². The van der Waals surface area contributed by atoms with Crippen LogP contribution < -0.4 is 10.0 Å². The smallest absolute Gasteiger partial charge is 0.282 e. The van der Waals surface area contributed by atoms with E-state index < -0.39 is 27.2 Å². The number of aryl methyl sites for hydroxylation is 1. The number of rotatable bonds is 3. The summed E-state index contributed by atoms with van der Waals surface area (Å²) in [6.45, 7) is 2.99. The molecule has 112 valence electrons. The van der Waals surface area contributed by atoms with Gasteiger partial charge in [0.1, 0.15) is 0 Å². The monoisotopic (exact) mass is 329 g/mol. The molecule has 3 amide bonds. The van der Waals surface area contributed by atoms with Crippen LogP contribution in [0.15, 0.2) is 23.2 Å². The van der Waals surface area contributed by atoms with E-state index in [4.69, 9.17) is 11.6 Å². The van der Waals surface area contributed by atoms with Gasteiger partial charge in [0.15, 0.2) is 5.25 Å². The molecule has 0 aliphatic carbocycles. The lowest BCUT2D eigenvalue weighted by atomic mass is 10.2. The van der Waals surface area contributed by atoms with E-state index in [1.54, 1.807) is 13.0 Å². The minimum absolute atomic E-state index is 0.0807. The van der Waals surface area contributed by atoms with E-state index in [9.17, 15) is 18.0 Å². The molecule has 1 heterocycles. The second-order valence-electron chi connectivity index (χ2n) is 4.53. The maximum Gasteiger partial charge on any atom is 0.347 e. The number of hydrogen-bond donors (Lipinski definition) is 2. The van der Waals surface area contributed by atoms with Crippen molar-refractivity contribution < 1.29 is 18.0 Å². The molecule has 0 saturated heterocycles. The molecule has 0 saturated carbocycles. The Kier molecular flexibility index (Phi) is 4.02. The van der Waals surface area contributed by atoms with Gasteiger partial charge in [0.05, 0.1) is 11.4 Å². The molecule has 0 fully saturated rings. The number of carbonyl (C=O) groups is 2. The highest BCUT2D eigenvalue weighted by Crippen LogP contribution is 2.22. The molecule has 1 aliphatic rings. The Morgan fingerprint density at radius 1 is 1.29 bits per heavy atom. The highest BCUT2D eigenvalue weighted by Gasteiger charge is 2.39. The maximum atomic E-state index is 12.3. The highest BCUT2D eigenvalue weighted by atomic mass is 35.5. The van der Waals surface area contributed by atoms with Crippen molar-refractivity contribution in [3.05, 3.63) is 28.8 Å². The Bertz CT molecular complexity index is 758. The van der Waals surface area contributed by atoms with E-state index in [0.717, 1.165) is 0 Å². The van der Waals surface area contributed by atoms with E-state index in [-0.39, 0.29) is 5.71 Å². The molecule has 1 aromatic carbocycles. The highest BCUT2D eigenvalue weighted by molar-refractivity contribution is 7.94. The molecular formula is C12H12ClN3O4S. The molecule has 1 unspecified atom stereocenters. The fraction of sp³-hybridized carbons (Fsp3) is 0.250. The Hall–Kier alpha value is -1.93. The van der Waals surface area contributed by atoms with Crippen molar-refractivity contribution in [1.82, 2.24) is 5.32 Å². The normalized spacial score (nSPS) is 19.0. The zero-order valence-corrected chi connectivity index (χ0v) is 12.7. The minimum Gasteiger partial charge on any atom is -0.282 e. The van der Waals surface area contributed by atoms with Crippen molar-refractivity contribution in [2.45, 2.75) is 19.1 Å². The summed E-state index contributed by atoms with van der Waals surface area (Å²) < 4.78 is 27.0. The molecule has 1 aromatic rings. The van der Waals surface area contributed by atoms with Gasteiger partial charge < -0.3 is 0 Å². The number of aliphatic imine (C=N–C) groups is 1. The average molecular weight is 330 g/mol. The third-order valence-corrected chi connectivity index (χ3v) is 4.79. The Morgan fingerprint density at radius 2 is 1.95 bits per heavy atom. The third kappa shape index (κ3) is 3.22. The van der Waals surface area contributed by atoms with E-state index in [2.05, 4.69) is 9.71 Å². The van der Waals surface area contributed by atoms with Crippen molar-refractivity contribution in [2.24, 2.45) is 4.99 Å². The van der Waals surface area contributed by atoms with E-state index in [1.165, 1.54) is 19.1 Å². The van der Waals surface area contributed by atoms with Crippen LogP contribution >= 0.6 is 11.6 Å². The fourth-order valence-corrected chi connectivity index (χ4v) is 3.65. The fourth-order valence-electron chi connectivity index (χ4n) is 1.93. The number of amides is 3. The van der Waals surface area contributed by atoms with E-state index >= 15 is 0 Å². The zero-order chi connectivity index (χ0) is 15.8. The first-order valence-electron chi connectivity index (χ1n) is 5.88. The predicted octanol–water partition coefficient (Wildman–Crippen LogP) is 1.47. The summed E-state index contributed by atoms with van der Waals surface area (Å²) in [4.78, 5) is 26.3. The van der Waals surface area contributed by atoms with Crippen LogP contribution in [0.1, 0.15) is 12.5 Å². The van der Waals surface area contributed by atoms with Crippen molar-refractivity contribution in [3.8, 4) is 0 Å². The molecule has 2 N–H and O–H groups in total. The third-order valence-electron chi connectivity index (χ3n) is 2.88. The summed E-state index contributed by atoms with van der Waals surface area (Å²) in [5.41, 5.74) is 0.827. The number of urea groups is 1. The summed E-state index contributed by atoms with van der Waals surface area (Å²) in [5.74, 6) is -0.924. The number of hydrogen-bond acceptors (Lipinski definition) is 4. The van der Waals surface area contributed by atoms with Crippen molar-refractivity contribution in [1.29, 1.82) is 0 Å². The minimum atomic E-state index is -4.08. The van der Waals surface area contributed by atoms with Crippen LogP contribution in [-0.2, 0) is 14.8 Å². The molecule has 7 nitrogen and oxygen atoms in total. The molecule has 0 aromatic heterocycles. The van der Waals surface area contributed by atoms with Crippen LogP contribution in [0.5, 0.6) is 0 Å². The van der Waals surface area contributed by atoms with Crippen LogP contribution in [0.3, 0.4) is 0 Å². The van der Waals surface area contributed by atoms with Gasteiger partial charge in [0.25, 0.3) is 5.91 Å². The molecule has 2 rings (SSSR count). The first-order chi connectivity index (χ1) is 9.70. The van der Waals surface area contributed by atoms with Gasteiger partial charge in [-0.1, -0.05) is 11.6 Å². The second-order valence-corrected chi connectivity index (χ2v) is 6.74. The molecule has 1 aliphatic heterocycles.